The highest BCUT2D eigenvalue weighted by molar-refractivity contribution is 7.91. The highest BCUT2D eigenvalue weighted by atomic mass is 32.2. The molecule has 0 bridgehead atoms. The minimum Gasteiger partial charge on any atom is -0.299 e. The van der Waals surface area contributed by atoms with Crippen LogP contribution in [0.3, 0.4) is 0 Å². The van der Waals surface area contributed by atoms with E-state index in [1.165, 1.54) is 0 Å². The van der Waals surface area contributed by atoms with Gasteiger partial charge in [-0.25, -0.2) is 8.42 Å². The van der Waals surface area contributed by atoms with Gasteiger partial charge in [0.25, 0.3) is 0 Å². The van der Waals surface area contributed by atoms with E-state index in [0.29, 0.717) is 23.7 Å². The van der Waals surface area contributed by atoms with Crippen LogP contribution in [0.4, 0.5) is 0 Å². The zero-order chi connectivity index (χ0) is 12.6. The average molecular weight is 259 g/mol. The average Bonchev–Trinajstić information content (AvgIpc) is 2.59. The summed E-state index contributed by atoms with van der Waals surface area (Å²) in [7, 11) is -2.78. The molecule has 0 spiro atoms. The van der Waals surface area contributed by atoms with Crippen molar-refractivity contribution in [3.63, 3.8) is 0 Å². The number of piperidine rings is 1. The van der Waals surface area contributed by atoms with Crippen LogP contribution in [0.5, 0.6) is 0 Å². The number of ketones is 1. The summed E-state index contributed by atoms with van der Waals surface area (Å²) in [6.07, 6.45) is 1.40. The Balaban J connectivity index is 1.94. The molecule has 2 rings (SSSR count). The Kier molecular flexibility index (Phi) is 3.59. The molecule has 0 radical (unpaired) electrons. The lowest BCUT2D eigenvalue weighted by molar-refractivity contribution is -0.128. The molecule has 2 aliphatic rings. The van der Waals surface area contributed by atoms with E-state index in [2.05, 4.69) is 11.8 Å². The molecule has 2 heterocycles. The van der Waals surface area contributed by atoms with Gasteiger partial charge in [-0.15, -0.1) is 0 Å². The molecule has 3 unspecified atom stereocenters. The van der Waals surface area contributed by atoms with Crippen molar-refractivity contribution in [1.29, 1.82) is 0 Å². The predicted molar refractivity (Wildman–Crippen MR) is 66.6 cm³/mol. The molecule has 98 valence electrons. The third-order valence-corrected chi connectivity index (χ3v) is 6.11. The second kappa shape index (κ2) is 4.69. The molecular formula is C12H21NO3S. The zero-order valence-electron chi connectivity index (χ0n) is 10.6. The Morgan fingerprint density at radius 1 is 1.35 bits per heavy atom. The molecule has 0 saturated carbocycles. The minimum atomic E-state index is -2.78. The summed E-state index contributed by atoms with van der Waals surface area (Å²) in [5, 5.41) is 0. The molecule has 3 atom stereocenters. The normalized spacial score (nSPS) is 38.5. The molecule has 17 heavy (non-hydrogen) atoms. The Bertz CT molecular complexity index is 404. The summed E-state index contributed by atoms with van der Waals surface area (Å²) >= 11 is 0. The molecule has 0 amide bonds. The van der Waals surface area contributed by atoms with E-state index in [1.54, 1.807) is 0 Å². The molecule has 2 saturated heterocycles. The number of carbonyl (C=O) groups is 1. The smallest absolute Gasteiger partial charge is 0.150 e. The van der Waals surface area contributed by atoms with Gasteiger partial charge in [-0.2, -0.15) is 0 Å². The van der Waals surface area contributed by atoms with Crippen molar-refractivity contribution in [1.82, 2.24) is 4.90 Å². The molecule has 0 aromatic carbocycles. The fourth-order valence-corrected chi connectivity index (χ4v) is 4.72. The number of rotatable bonds is 2. The molecule has 0 aromatic heterocycles. The van der Waals surface area contributed by atoms with Crippen LogP contribution in [-0.2, 0) is 14.6 Å². The molecule has 2 aliphatic heterocycles. The van der Waals surface area contributed by atoms with Gasteiger partial charge in [-0.3, -0.25) is 9.69 Å². The number of hydrogen-bond donors (Lipinski definition) is 0. The number of hydrogen-bond acceptors (Lipinski definition) is 4. The number of nitrogens with zero attached hydrogens (tertiary/aromatic N) is 1. The largest absolute Gasteiger partial charge is 0.299 e. The van der Waals surface area contributed by atoms with E-state index < -0.39 is 9.84 Å². The van der Waals surface area contributed by atoms with Crippen molar-refractivity contribution in [2.75, 3.05) is 24.6 Å². The van der Waals surface area contributed by atoms with Crippen LogP contribution in [0.25, 0.3) is 0 Å². The lowest BCUT2D eigenvalue weighted by Crippen LogP contribution is -2.48. The number of sulfone groups is 1. The van der Waals surface area contributed by atoms with Crippen LogP contribution >= 0.6 is 0 Å². The minimum absolute atomic E-state index is 0.0850. The summed E-state index contributed by atoms with van der Waals surface area (Å²) in [4.78, 5) is 13.9. The second-order valence-electron chi connectivity index (χ2n) is 5.51. The van der Waals surface area contributed by atoms with Gasteiger partial charge >= 0.3 is 0 Å². The zero-order valence-corrected chi connectivity index (χ0v) is 11.4. The van der Waals surface area contributed by atoms with Gasteiger partial charge in [0.1, 0.15) is 5.78 Å². The van der Waals surface area contributed by atoms with Gasteiger partial charge in [-0.05, 0) is 19.3 Å². The predicted octanol–water partition coefficient (Wildman–Crippen LogP) is 0.721. The lowest BCUT2D eigenvalue weighted by atomic mass is 9.90. The molecule has 0 aromatic rings. The first kappa shape index (κ1) is 13.0. The van der Waals surface area contributed by atoms with Crippen molar-refractivity contribution >= 4 is 15.6 Å². The molecule has 4 nitrogen and oxygen atoms in total. The van der Waals surface area contributed by atoms with E-state index in [-0.39, 0.29) is 17.9 Å². The summed E-state index contributed by atoms with van der Waals surface area (Å²) in [6.45, 7) is 5.68. The van der Waals surface area contributed by atoms with E-state index in [0.717, 1.165) is 19.5 Å². The summed E-state index contributed by atoms with van der Waals surface area (Å²) in [6, 6.07) is 0.250. The van der Waals surface area contributed by atoms with Crippen LogP contribution in [0.1, 0.15) is 26.7 Å². The highest BCUT2D eigenvalue weighted by Crippen LogP contribution is 2.25. The third-order valence-electron chi connectivity index (χ3n) is 4.27. The van der Waals surface area contributed by atoms with Crippen molar-refractivity contribution in [2.24, 2.45) is 11.8 Å². The van der Waals surface area contributed by atoms with Crippen molar-refractivity contribution in [3.8, 4) is 0 Å². The highest BCUT2D eigenvalue weighted by Gasteiger charge is 2.35. The maximum absolute atomic E-state index is 11.6. The van der Waals surface area contributed by atoms with Crippen LogP contribution in [0.2, 0.25) is 0 Å². The third kappa shape index (κ3) is 2.88. The number of likely N-dealkylation sites (tertiary alicyclic amines) is 1. The van der Waals surface area contributed by atoms with Gasteiger partial charge in [0, 0.05) is 31.5 Å². The molecule has 5 heteroatoms. The van der Waals surface area contributed by atoms with Crippen molar-refractivity contribution in [2.45, 2.75) is 32.7 Å². The molecule has 0 aliphatic carbocycles. The van der Waals surface area contributed by atoms with Crippen LogP contribution in [-0.4, -0.2) is 49.7 Å². The summed E-state index contributed by atoms with van der Waals surface area (Å²) in [5.41, 5.74) is 0. The fourth-order valence-electron chi connectivity index (χ4n) is 2.88. The van der Waals surface area contributed by atoms with Gasteiger partial charge < -0.3 is 0 Å². The van der Waals surface area contributed by atoms with E-state index >= 15 is 0 Å². The molecular weight excluding hydrogens is 238 g/mol. The van der Waals surface area contributed by atoms with Gasteiger partial charge in [0.05, 0.1) is 11.5 Å². The Morgan fingerprint density at radius 2 is 2.06 bits per heavy atom. The van der Waals surface area contributed by atoms with E-state index in [4.69, 9.17) is 0 Å². The first-order valence-electron chi connectivity index (χ1n) is 6.36. The first-order valence-corrected chi connectivity index (χ1v) is 8.18. The Labute approximate surface area is 103 Å². The first-order chi connectivity index (χ1) is 7.89. The molecule has 0 N–H and O–H groups in total. The van der Waals surface area contributed by atoms with Gasteiger partial charge in [0.15, 0.2) is 9.84 Å². The number of Topliss-reactive ketones (excluding diaryl/α,β-unsaturated/α-hetero) is 1. The topological polar surface area (TPSA) is 54.5 Å². The van der Waals surface area contributed by atoms with E-state index in [9.17, 15) is 13.2 Å². The fraction of sp³-hybridized carbons (Fsp3) is 0.917. The monoisotopic (exact) mass is 259 g/mol. The van der Waals surface area contributed by atoms with E-state index in [1.807, 2.05) is 6.92 Å². The van der Waals surface area contributed by atoms with Crippen LogP contribution in [0.15, 0.2) is 0 Å². The van der Waals surface area contributed by atoms with Crippen LogP contribution in [0, 0.1) is 11.8 Å². The summed E-state index contributed by atoms with van der Waals surface area (Å²) in [5.74, 6) is 1.37. The standard InChI is InChI=1S/C12H21NO3S/c1-9-10(2)13(5-3-12(9)14)7-11-4-6-17(15,16)8-11/h9-11H,3-8H2,1-2H3. The molecule has 2 fully saturated rings. The number of carbonyl (C=O) groups excluding carboxylic acids is 1. The van der Waals surface area contributed by atoms with Crippen LogP contribution < -0.4 is 0 Å². The summed E-state index contributed by atoms with van der Waals surface area (Å²) < 4.78 is 22.8. The Hall–Kier alpha value is -0.420. The van der Waals surface area contributed by atoms with Crippen molar-refractivity contribution < 1.29 is 13.2 Å². The van der Waals surface area contributed by atoms with Gasteiger partial charge in [-0.1, -0.05) is 6.92 Å². The quantitative estimate of drug-likeness (QED) is 0.733. The maximum atomic E-state index is 11.6. The van der Waals surface area contributed by atoms with Gasteiger partial charge in [0.2, 0.25) is 0 Å². The Morgan fingerprint density at radius 3 is 2.65 bits per heavy atom. The van der Waals surface area contributed by atoms with Crippen molar-refractivity contribution in [3.05, 3.63) is 0 Å². The maximum Gasteiger partial charge on any atom is 0.150 e. The SMILES string of the molecule is CC1C(=O)CCN(CC2CCS(=O)(=O)C2)C1C. The second-order valence-corrected chi connectivity index (χ2v) is 7.74. The lowest BCUT2D eigenvalue weighted by Gasteiger charge is -2.38.